The summed E-state index contributed by atoms with van der Waals surface area (Å²) in [6.45, 7) is 3.69. The van der Waals surface area contributed by atoms with Gasteiger partial charge in [-0.3, -0.25) is 14.5 Å². The molecule has 1 amide bonds. The summed E-state index contributed by atoms with van der Waals surface area (Å²) in [5.74, 6) is -0.0986. The van der Waals surface area contributed by atoms with Crippen molar-refractivity contribution in [3.8, 4) is 11.5 Å². The van der Waals surface area contributed by atoms with Crippen molar-refractivity contribution in [2.24, 2.45) is 0 Å². The standard InChI is InChI=1S/C13H15NO4/c1-7(2)14-10-8(11(15)13(14)16)5-6-9(17-3)12(10)18-4/h5-7H,1-4H3. The van der Waals surface area contributed by atoms with Crippen molar-refractivity contribution in [3.05, 3.63) is 17.7 Å². The number of carbonyl (C=O) groups is 2. The number of hydrogen-bond acceptors (Lipinski definition) is 4. The van der Waals surface area contributed by atoms with Gasteiger partial charge >= 0.3 is 0 Å². The van der Waals surface area contributed by atoms with Gasteiger partial charge in [0, 0.05) is 6.04 Å². The summed E-state index contributed by atoms with van der Waals surface area (Å²) in [6.07, 6.45) is 0. The second-order valence-electron chi connectivity index (χ2n) is 4.30. The normalized spacial score (nSPS) is 14.2. The number of anilines is 1. The third kappa shape index (κ3) is 1.54. The zero-order chi connectivity index (χ0) is 13.4. The topological polar surface area (TPSA) is 55.8 Å². The molecule has 0 aromatic heterocycles. The van der Waals surface area contributed by atoms with Gasteiger partial charge in [-0.1, -0.05) is 0 Å². The van der Waals surface area contributed by atoms with Crippen LogP contribution in [0.4, 0.5) is 5.69 Å². The van der Waals surface area contributed by atoms with Crippen molar-refractivity contribution in [3.63, 3.8) is 0 Å². The Balaban J connectivity index is 2.72. The Morgan fingerprint density at radius 3 is 2.28 bits per heavy atom. The van der Waals surface area contributed by atoms with Crippen LogP contribution in [-0.2, 0) is 4.79 Å². The van der Waals surface area contributed by atoms with Gasteiger partial charge in [0.15, 0.2) is 11.5 Å². The molecule has 5 nitrogen and oxygen atoms in total. The predicted octanol–water partition coefficient (Wildman–Crippen LogP) is 1.64. The molecule has 0 spiro atoms. The highest BCUT2D eigenvalue weighted by molar-refractivity contribution is 6.52. The minimum Gasteiger partial charge on any atom is -0.493 e. The van der Waals surface area contributed by atoms with E-state index in [1.54, 1.807) is 12.1 Å². The van der Waals surface area contributed by atoms with E-state index in [1.165, 1.54) is 19.1 Å². The smallest absolute Gasteiger partial charge is 0.299 e. The molecule has 1 aromatic rings. The number of ketones is 1. The molecule has 0 saturated carbocycles. The molecule has 1 aromatic carbocycles. The Hall–Kier alpha value is -2.04. The number of ether oxygens (including phenoxy) is 2. The van der Waals surface area contributed by atoms with Gasteiger partial charge in [0.25, 0.3) is 11.7 Å². The zero-order valence-corrected chi connectivity index (χ0v) is 10.8. The molecule has 2 rings (SSSR count). The molecule has 18 heavy (non-hydrogen) atoms. The van der Waals surface area contributed by atoms with Crippen LogP contribution in [0.5, 0.6) is 11.5 Å². The van der Waals surface area contributed by atoms with Crippen LogP contribution in [-0.4, -0.2) is 32.0 Å². The van der Waals surface area contributed by atoms with Crippen LogP contribution in [0.25, 0.3) is 0 Å². The van der Waals surface area contributed by atoms with E-state index in [0.717, 1.165) is 0 Å². The summed E-state index contributed by atoms with van der Waals surface area (Å²) in [6, 6.07) is 3.11. The first-order valence-electron chi connectivity index (χ1n) is 5.65. The molecule has 1 aliphatic rings. The first kappa shape index (κ1) is 12.4. The molecule has 0 aliphatic carbocycles. The maximum atomic E-state index is 12.0. The Morgan fingerprint density at radius 1 is 1.11 bits per heavy atom. The van der Waals surface area contributed by atoms with Gasteiger partial charge in [0.05, 0.1) is 19.8 Å². The first-order chi connectivity index (χ1) is 8.52. The van der Waals surface area contributed by atoms with E-state index in [1.807, 2.05) is 13.8 Å². The van der Waals surface area contributed by atoms with Crippen molar-refractivity contribution in [2.75, 3.05) is 19.1 Å². The maximum Gasteiger partial charge on any atom is 0.299 e. The number of benzene rings is 1. The lowest BCUT2D eigenvalue weighted by atomic mass is 10.1. The Kier molecular flexibility index (Phi) is 2.98. The minimum atomic E-state index is -0.522. The van der Waals surface area contributed by atoms with Crippen LogP contribution in [0.3, 0.4) is 0 Å². The van der Waals surface area contributed by atoms with E-state index in [0.29, 0.717) is 22.7 Å². The van der Waals surface area contributed by atoms with E-state index in [9.17, 15) is 9.59 Å². The van der Waals surface area contributed by atoms with Crippen molar-refractivity contribution in [1.29, 1.82) is 0 Å². The molecule has 0 atom stereocenters. The van der Waals surface area contributed by atoms with Gasteiger partial charge in [0.2, 0.25) is 0 Å². The number of nitrogens with zero attached hydrogens (tertiary/aromatic N) is 1. The highest BCUT2D eigenvalue weighted by Gasteiger charge is 2.40. The summed E-state index contributed by atoms with van der Waals surface area (Å²) >= 11 is 0. The third-order valence-electron chi connectivity index (χ3n) is 2.93. The van der Waals surface area contributed by atoms with Crippen molar-refractivity contribution >= 4 is 17.4 Å². The van der Waals surface area contributed by atoms with E-state index in [2.05, 4.69) is 0 Å². The van der Waals surface area contributed by atoms with Crippen LogP contribution >= 0.6 is 0 Å². The first-order valence-corrected chi connectivity index (χ1v) is 5.65. The quantitative estimate of drug-likeness (QED) is 0.764. The average molecular weight is 249 g/mol. The molecule has 0 saturated heterocycles. The molecule has 0 bridgehead atoms. The van der Waals surface area contributed by atoms with Crippen molar-refractivity contribution in [2.45, 2.75) is 19.9 Å². The number of carbonyl (C=O) groups excluding carboxylic acids is 2. The molecule has 0 unspecified atom stereocenters. The van der Waals surface area contributed by atoms with Gasteiger partial charge in [-0.15, -0.1) is 0 Å². The second-order valence-corrected chi connectivity index (χ2v) is 4.30. The highest BCUT2D eigenvalue weighted by atomic mass is 16.5. The summed E-state index contributed by atoms with van der Waals surface area (Å²) in [4.78, 5) is 25.3. The predicted molar refractivity (Wildman–Crippen MR) is 66.5 cm³/mol. The number of hydrogen-bond donors (Lipinski definition) is 0. The number of methoxy groups -OCH3 is 2. The summed E-state index contributed by atoms with van der Waals surface area (Å²) in [5.41, 5.74) is 0.869. The van der Waals surface area contributed by atoms with Gasteiger partial charge in [0.1, 0.15) is 5.69 Å². The maximum absolute atomic E-state index is 12.0. The minimum absolute atomic E-state index is 0.122. The lowest BCUT2D eigenvalue weighted by Crippen LogP contribution is -2.35. The average Bonchev–Trinajstić information content (AvgIpc) is 2.61. The molecule has 0 radical (unpaired) electrons. The zero-order valence-electron chi connectivity index (χ0n) is 10.8. The Bertz CT molecular complexity index is 522. The van der Waals surface area contributed by atoms with Crippen LogP contribution < -0.4 is 14.4 Å². The Morgan fingerprint density at radius 2 is 1.78 bits per heavy atom. The van der Waals surface area contributed by atoms with E-state index >= 15 is 0 Å². The second kappa shape index (κ2) is 4.33. The van der Waals surface area contributed by atoms with E-state index in [-0.39, 0.29) is 6.04 Å². The largest absolute Gasteiger partial charge is 0.493 e. The SMILES string of the molecule is COc1ccc2c(c1OC)N(C(C)C)C(=O)C2=O. The van der Waals surface area contributed by atoms with E-state index < -0.39 is 11.7 Å². The lowest BCUT2D eigenvalue weighted by Gasteiger charge is -2.23. The molecule has 1 aliphatic heterocycles. The van der Waals surface area contributed by atoms with Crippen LogP contribution in [0.15, 0.2) is 12.1 Å². The van der Waals surface area contributed by atoms with Crippen LogP contribution in [0.1, 0.15) is 24.2 Å². The fraction of sp³-hybridized carbons (Fsp3) is 0.385. The number of Topliss-reactive ketones (excluding diaryl/α,β-unsaturated/α-hetero) is 1. The number of rotatable bonds is 3. The fourth-order valence-electron chi connectivity index (χ4n) is 2.15. The summed E-state index contributed by atoms with van der Waals surface area (Å²) in [7, 11) is 3.01. The van der Waals surface area contributed by atoms with Crippen molar-refractivity contribution in [1.82, 2.24) is 0 Å². The molecule has 96 valence electrons. The lowest BCUT2D eigenvalue weighted by molar-refractivity contribution is -0.114. The molecule has 5 heteroatoms. The molecular weight excluding hydrogens is 234 g/mol. The molecular formula is C13H15NO4. The van der Waals surface area contributed by atoms with Gasteiger partial charge in [-0.05, 0) is 26.0 Å². The monoisotopic (exact) mass is 249 g/mol. The highest BCUT2D eigenvalue weighted by Crippen LogP contribution is 2.44. The molecule has 0 fully saturated rings. The van der Waals surface area contributed by atoms with Crippen molar-refractivity contribution < 1.29 is 19.1 Å². The summed E-state index contributed by atoms with van der Waals surface area (Å²) in [5, 5.41) is 0. The molecule has 1 heterocycles. The molecule has 0 N–H and O–H groups in total. The van der Waals surface area contributed by atoms with Crippen LogP contribution in [0, 0.1) is 0 Å². The fourth-order valence-corrected chi connectivity index (χ4v) is 2.15. The number of amides is 1. The summed E-state index contributed by atoms with van der Waals surface area (Å²) < 4.78 is 10.5. The van der Waals surface area contributed by atoms with Crippen LogP contribution in [0.2, 0.25) is 0 Å². The Labute approximate surface area is 105 Å². The van der Waals surface area contributed by atoms with Gasteiger partial charge in [-0.2, -0.15) is 0 Å². The van der Waals surface area contributed by atoms with Gasteiger partial charge < -0.3 is 9.47 Å². The van der Waals surface area contributed by atoms with Gasteiger partial charge in [-0.25, -0.2) is 0 Å². The number of fused-ring (bicyclic) bond motifs is 1. The third-order valence-corrected chi connectivity index (χ3v) is 2.93. The van der Waals surface area contributed by atoms with E-state index in [4.69, 9.17) is 9.47 Å².